The molecule has 4 rings (SSSR count). The predicted octanol–water partition coefficient (Wildman–Crippen LogP) is 4.90. The Labute approximate surface area is 224 Å². The molecule has 0 fully saturated rings. The summed E-state index contributed by atoms with van der Waals surface area (Å²) in [5.41, 5.74) is 1.46. The van der Waals surface area contributed by atoms with Crippen molar-refractivity contribution in [2.75, 3.05) is 26.8 Å². The Bertz CT molecular complexity index is 1490. The van der Waals surface area contributed by atoms with Gasteiger partial charge in [0.1, 0.15) is 17.9 Å². The van der Waals surface area contributed by atoms with E-state index in [0.29, 0.717) is 27.1 Å². The molecule has 2 amide bonds. The van der Waals surface area contributed by atoms with E-state index in [4.69, 9.17) is 20.8 Å². The molecule has 0 bridgehead atoms. The fourth-order valence-electron chi connectivity index (χ4n) is 4.00. The molecule has 0 saturated heterocycles. The summed E-state index contributed by atoms with van der Waals surface area (Å²) in [6.07, 6.45) is 1.34. The SMILES string of the molecule is COCCN(CC(=O)N(Cc1ccc(F)cc1)Cc1coc2ccccc2c1=O)C(=O)c1cccc(Cl)c1. The number of nitrogens with zero attached hydrogens (tertiary/aromatic N) is 2. The Kier molecular flexibility index (Phi) is 8.89. The van der Waals surface area contributed by atoms with E-state index >= 15 is 0 Å². The summed E-state index contributed by atoms with van der Waals surface area (Å²) in [6.45, 7) is 0.137. The standard InChI is InChI=1S/C29H26ClFN2O5/c1-37-14-13-32(29(36)21-5-4-6-23(30)15-21)18-27(34)33(16-20-9-11-24(31)12-10-20)17-22-19-38-26-8-3-2-7-25(26)28(22)35/h2-12,15,19H,13-14,16-18H2,1H3. The predicted molar refractivity (Wildman–Crippen MR) is 142 cm³/mol. The van der Waals surface area contributed by atoms with Crippen LogP contribution in [0.5, 0.6) is 0 Å². The number of amides is 2. The number of fused-ring (bicyclic) bond motifs is 1. The molecule has 3 aromatic carbocycles. The van der Waals surface area contributed by atoms with E-state index in [9.17, 15) is 18.8 Å². The molecule has 0 atom stereocenters. The van der Waals surface area contributed by atoms with Crippen molar-refractivity contribution in [3.8, 4) is 0 Å². The molecule has 0 aliphatic rings. The maximum absolute atomic E-state index is 13.6. The topological polar surface area (TPSA) is 80.1 Å². The van der Waals surface area contributed by atoms with Gasteiger partial charge in [-0.05, 0) is 48.0 Å². The van der Waals surface area contributed by atoms with Crippen molar-refractivity contribution in [2.45, 2.75) is 13.1 Å². The van der Waals surface area contributed by atoms with Crippen LogP contribution in [0.25, 0.3) is 11.0 Å². The van der Waals surface area contributed by atoms with Crippen LogP contribution in [-0.2, 0) is 22.6 Å². The Morgan fingerprint density at radius 1 is 0.974 bits per heavy atom. The number of halogens is 2. The van der Waals surface area contributed by atoms with Crippen LogP contribution >= 0.6 is 11.6 Å². The second kappa shape index (κ2) is 12.5. The summed E-state index contributed by atoms with van der Waals surface area (Å²) in [5.74, 6) is -1.20. The molecule has 0 spiro atoms. The molecule has 1 aromatic heterocycles. The molecule has 1 heterocycles. The molecule has 0 radical (unpaired) electrons. The zero-order chi connectivity index (χ0) is 27.1. The molecule has 0 saturated carbocycles. The van der Waals surface area contributed by atoms with Gasteiger partial charge in [0, 0.05) is 30.8 Å². The molecule has 0 N–H and O–H groups in total. The second-order valence-corrected chi connectivity index (χ2v) is 9.13. The summed E-state index contributed by atoms with van der Waals surface area (Å²) in [6, 6.07) is 19.1. The summed E-state index contributed by atoms with van der Waals surface area (Å²) < 4.78 is 24.3. The van der Waals surface area contributed by atoms with Crippen LogP contribution in [0.3, 0.4) is 0 Å². The largest absolute Gasteiger partial charge is 0.464 e. The molecular formula is C29H26ClFN2O5. The van der Waals surface area contributed by atoms with Gasteiger partial charge in [0.15, 0.2) is 5.43 Å². The smallest absolute Gasteiger partial charge is 0.254 e. The highest BCUT2D eigenvalue weighted by Crippen LogP contribution is 2.16. The van der Waals surface area contributed by atoms with Crippen LogP contribution in [0.1, 0.15) is 21.5 Å². The van der Waals surface area contributed by atoms with Crippen molar-refractivity contribution in [3.63, 3.8) is 0 Å². The summed E-state index contributed by atoms with van der Waals surface area (Å²) in [7, 11) is 1.50. The maximum atomic E-state index is 13.6. The van der Waals surface area contributed by atoms with Crippen molar-refractivity contribution in [1.29, 1.82) is 0 Å². The van der Waals surface area contributed by atoms with E-state index in [2.05, 4.69) is 0 Å². The summed E-state index contributed by atoms with van der Waals surface area (Å²) >= 11 is 6.07. The first-order valence-electron chi connectivity index (χ1n) is 11.9. The Morgan fingerprint density at radius 2 is 1.74 bits per heavy atom. The van der Waals surface area contributed by atoms with Crippen LogP contribution in [0.2, 0.25) is 5.02 Å². The number of hydrogen-bond acceptors (Lipinski definition) is 5. The summed E-state index contributed by atoms with van der Waals surface area (Å²) in [5, 5.41) is 0.798. The van der Waals surface area contributed by atoms with Gasteiger partial charge in [0.2, 0.25) is 5.91 Å². The number of para-hydroxylation sites is 1. The zero-order valence-corrected chi connectivity index (χ0v) is 21.5. The van der Waals surface area contributed by atoms with E-state index in [1.165, 1.54) is 41.4 Å². The summed E-state index contributed by atoms with van der Waals surface area (Å²) in [4.78, 5) is 42.8. The van der Waals surface area contributed by atoms with Gasteiger partial charge in [-0.15, -0.1) is 0 Å². The number of hydrogen-bond donors (Lipinski definition) is 0. The minimum absolute atomic E-state index is 0.0626. The van der Waals surface area contributed by atoms with Gasteiger partial charge in [-0.2, -0.15) is 0 Å². The third kappa shape index (κ3) is 6.65. The Balaban J connectivity index is 1.63. The number of benzene rings is 3. The van der Waals surface area contributed by atoms with E-state index in [1.807, 2.05) is 0 Å². The molecule has 196 valence electrons. The zero-order valence-electron chi connectivity index (χ0n) is 20.7. The van der Waals surface area contributed by atoms with E-state index in [-0.39, 0.29) is 49.7 Å². The average molecular weight is 537 g/mol. The fraction of sp³-hybridized carbons (Fsp3) is 0.207. The van der Waals surface area contributed by atoms with Crippen LogP contribution in [-0.4, -0.2) is 48.4 Å². The number of methoxy groups -OCH3 is 1. The number of carbonyl (C=O) groups is 2. The van der Waals surface area contributed by atoms with Gasteiger partial charge >= 0.3 is 0 Å². The minimum Gasteiger partial charge on any atom is -0.464 e. The molecule has 0 aliphatic heterocycles. The quantitative estimate of drug-likeness (QED) is 0.288. The first-order chi connectivity index (χ1) is 18.4. The highest BCUT2D eigenvalue weighted by Gasteiger charge is 2.24. The van der Waals surface area contributed by atoms with Crippen LogP contribution in [0.4, 0.5) is 4.39 Å². The molecule has 38 heavy (non-hydrogen) atoms. The first-order valence-corrected chi connectivity index (χ1v) is 12.3. The van der Waals surface area contributed by atoms with Gasteiger partial charge in [0.05, 0.1) is 30.4 Å². The van der Waals surface area contributed by atoms with Gasteiger partial charge in [0.25, 0.3) is 5.91 Å². The third-order valence-corrected chi connectivity index (χ3v) is 6.24. The van der Waals surface area contributed by atoms with Crippen LogP contribution < -0.4 is 5.43 Å². The lowest BCUT2D eigenvalue weighted by molar-refractivity contribution is -0.133. The van der Waals surface area contributed by atoms with E-state index < -0.39 is 11.7 Å². The van der Waals surface area contributed by atoms with Gasteiger partial charge in [-0.25, -0.2) is 4.39 Å². The maximum Gasteiger partial charge on any atom is 0.254 e. The van der Waals surface area contributed by atoms with Gasteiger partial charge in [-0.3, -0.25) is 14.4 Å². The van der Waals surface area contributed by atoms with Crippen molar-refractivity contribution >= 4 is 34.4 Å². The van der Waals surface area contributed by atoms with Crippen molar-refractivity contribution in [3.05, 3.63) is 117 Å². The first kappa shape index (κ1) is 27.0. The van der Waals surface area contributed by atoms with E-state index in [1.54, 1.807) is 54.6 Å². The number of rotatable bonds is 10. The second-order valence-electron chi connectivity index (χ2n) is 8.69. The fourth-order valence-corrected chi connectivity index (χ4v) is 4.19. The van der Waals surface area contributed by atoms with Crippen molar-refractivity contribution < 1.29 is 23.1 Å². The lowest BCUT2D eigenvalue weighted by Gasteiger charge is -2.28. The van der Waals surface area contributed by atoms with Crippen LogP contribution in [0.15, 0.2) is 88.3 Å². The molecule has 0 unspecified atom stereocenters. The molecule has 9 heteroatoms. The monoisotopic (exact) mass is 536 g/mol. The van der Waals surface area contributed by atoms with Gasteiger partial charge in [-0.1, -0.05) is 41.9 Å². The molecule has 4 aromatic rings. The lowest BCUT2D eigenvalue weighted by Crippen LogP contribution is -2.44. The molecular weight excluding hydrogens is 511 g/mol. The molecule has 0 aliphatic carbocycles. The normalized spacial score (nSPS) is 10.9. The highest BCUT2D eigenvalue weighted by atomic mass is 35.5. The van der Waals surface area contributed by atoms with Crippen molar-refractivity contribution in [1.82, 2.24) is 9.80 Å². The van der Waals surface area contributed by atoms with Crippen molar-refractivity contribution in [2.24, 2.45) is 0 Å². The number of ether oxygens (including phenoxy) is 1. The lowest BCUT2D eigenvalue weighted by atomic mass is 10.1. The highest BCUT2D eigenvalue weighted by molar-refractivity contribution is 6.31. The van der Waals surface area contributed by atoms with Gasteiger partial charge < -0.3 is 19.0 Å². The molecule has 7 nitrogen and oxygen atoms in total. The number of carbonyl (C=O) groups excluding carboxylic acids is 2. The third-order valence-electron chi connectivity index (χ3n) is 6.00. The Hall–Kier alpha value is -4.01. The average Bonchev–Trinajstić information content (AvgIpc) is 2.92. The van der Waals surface area contributed by atoms with E-state index in [0.717, 1.165) is 0 Å². The van der Waals surface area contributed by atoms with Crippen LogP contribution in [0, 0.1) is 5.82 Å². The minimum atomic E-state index is -0.409. The Morgan fingerprint density at radius 3 is 2.47 bits per heavy atom.